The SMILES string of the molecule is COc1ccc(C)cc1CN(C)C(=O)C1CCNC1C. The summed E-state index contributed by atoms with van der Waals surface area (Å²) in [4.78, 5) is 14.3. The molecule has 0 aromatic heterocycles. The highest BCUT2D eigenvalue weighted by Gasteiger charge is 2.31. The summed E-state index contributed by atoms with van der Waals surface area (Å²) >= 11 is 0. The fraction of sp³-hybridized carbons (Fsp3) is 0.562. The Balaban J connectivity index is 2.09. The van der Waals surface area contributed by atoms with E-state index in [-0.39, 0.29) is 17.9 Å². The average molecular weight is 276 g/mol. The summed E-state index contributed by atoms with van der Waals surface area (Å²) in [5.74, 6) is 1.15. The van der Waals surface area contributed by atoms with E-state index >= 15 is 0 Å². The first-order valence-corrected chi connectivity index (χ1v) is 7.14. The Kier molecular flexibility index (Phi) is 4.65. The predicted molar refractivity (Wildman–Crippen MR) is 79.8 cm³/mol. The molecule has 2 unspecified atom stereocenters. The number of nitrogens with zero attached hydrogens (tertiary/aromatic N) is 1. The van der Waals surface area contributed by atoms with E-state index in [9.17, 15) is 4.79 Å². The Morgan fingerprint density at radius 2 is 2.25 bits per heavy atom. The van der Waals surface area contributed by atoms with Gasteiger partial charge in [0.15, 0.2) is 0 Å². The van der Waals surface area contributed by atoms with E-state index in [1.807, 2.05) is 31.0 Å². The van der Waals surface area contributed by atoms with Gasteiger partial charge in [0.05, 0.1) is 13.0 Å². The van der Waals surface area contributed by atoms with Crippen LogP contribution in [0.1, 0.15) is 24.5 Å². The molecule has 1 saturated heterocycles. The Morgan fingerprint density at radius 3 is 2.85 bits per heavy atom. The molecule has 0 spiro atoms. The number of amides is 1. The molecule has 1 amide bonds. The molecule has 4 nitrogen and oxygen atoms in total. The van der Waals surface area contributed by atoms with Gasteiger partial charge in [-0.25, -0.2) is 0 Å². The number of hydrogen-bond donors (Lipinski definition) is 1. The molecule has 1 aromatic carbocycles. The van der Waals surface area contributed by atoms with Crippen LogP contribution in [0.2, 0.25) is 0 Å². The third-order valence-electron chi connectivity index (χ3n) is 4.06. The summed E-state index contributed by atoms with van der Waals surface area (Å²) in [6, 6.07) is 6.33. The number of carbonyl (C=O) groups is 1. The Labute approximate surface area is 121 Å². The van der Waals surface area contributed by atoms with E-state index in [0.29, 0.717) is 6.54 Å². The van der Waals surface area contributed by atoms with Gasteiger partial charge in [-0.15, -0.1) is 0 Å². The number of ether oxygens (including phenoxy) is 1. The van der Waals surface area contributed by atoms with Crippen molar-refractivity contribution in [2.75, 3.05) is 20.7 Å². The molecule has 0 radical (unpaired) electrons. The molecule has 20 heavy (non-hydrogen) atoms. The highest BCUT2D eigenvalue weighted by molar-refractivity contribution is 5.79. The highest BCUT2D eigenvalue weighted by Crippen LogP contribution is 2.23. The predicted octanol–water partition coefficient (Wildman–Crippen LogP) is 1.96. The smallest absolute Gasteiger partial charge is 0.227 e. The number of carbonyl (C=O) groups excluding carboxylic acids is 1. The third-order valence-corrected chi connectivity index (χ3v) is 4.06. The minimum Gasteiger partial charge on any atom is -0.496 e. The minimum absolute atomic E-state index is 0.0933. The van der Waals surface area contributed by atoms with Gasteiger partial charge in [-0.05, 0) is 32.9 Å². The summed E-state index contributed by atoms with van der Waals surface area (Å²) < 4.78 is 5.38. The van der Waals surface area contributed by atoms with E-state index in [1.54, 1.807) is 7.11 Å². The van der Waals surface area contributed by atoms with Crippen molar-refractivity contribution >= 4 is 5.91 Å². The summed E-state index contributed by atoms with van der Waals surface area (Å²) in [7, 11) is 3.54. The number of rotatable bonds is 4. The largest absolute Gasteiger partial charge is 0.496 e. The van der Waals surface area contributed by atoms with Crippen LogP contribution in [0.25, 0.3) is 0 Å². The lowest BCUT2D eigenvalue weighted by atomic mass is 10.00. The van der Waals surface area contributed by atoms with Gasteiger partial charge in [-0.2, -0.15) is 0 Å². The lowest BCUT2D eigenvalue weighted by Crippen LogP contribution is -2.37. The van der Waals surface area contributed by atoms with Crippen molar-refractivity contribution < 1.29 is 9.53 Å². The standard InChI is InChI=1S/C16H24N2O2/c1-11-5-6-15(20-4)13(9-11)10-18(3)16(19)14-7-8-17-12(14)2/h5-6,9,12,14,17H,7-8,10H2,1-4H3. The molecule has 1 aliphatic rings. The van der Waals surface area contributed by atoms with Gasteiger partial charge in [0, 0.05) is 25.2 Å². The molecule has 1 heterocycles. The Bertz CT molecular complexity index is 487. The fourth-order valence-electron chi connectivity index (χ4n) is 2.84. The molecule has 1 aliphatic heterocycles. The first-order chi connectivity index (χ1) is 9.52. The number of nitrogens with one attached hydrogen (secondary N) is 1. The molecule has 4 heteroatoms. The second-order valence-electron chi connectivity index (χ2n) is 5.65. The van der Waals surface area contributed by atoms with Crippen LogP contribution in [0.5, 0.6) is 5.75 Å². The highest BCUT2D eigenvalue weighted by atomic mass is 16.5. The second kappa shape index (κ2) is 6.27. The van der Waals surface area contributed by atoms with Crippen LogP contribution in [-0.4, -0.2) is 37.6 Å². The van der Waals surface area contributed by atoms with Crippen LogP contribution in [0.3, 0.4) is 0 Å². The minimum atomic E-state index is 0.0933. The van der Waals surface area contributed by atoms with Crippen molar-refractivity contribution in [3.63, 3.8) is 0 Å². The maximum Gasteiger partial charge on any atom is 0.227 e. The molecular formula is C16H24N2O2. The first-order valence-electron chi connectivity index (χ1n) is 7.14. The maximum absolute atomic E-state index is 12.5. The summed E-state index contributed by atoms with van der Waals surface area (Å²) in [5, 5.41) is 3.33. The normalized spacial score (nSPS) is 21.8. The quantitative estimate of drug-likeness (QED) is 0.914. The monoisotopic (exact) mass is 276 g/mol. The number of methoxy groups -OCH3 is 1. The lowest BCUT2D eigenvalue weighted by molar-refractivity contribution is -0.134. The second-order valence-corrected chi connectivity index (χ2v) is 5.65. The molecule has 1 fully saturated rings. The van der Waals surface area contributed by atoms with Crippen LogP contribution < -0.4 is 10.1 Å². The summed E-state index contributed by atoms with van der Waals surface area (Å²) in [5.41, 5.74) is 2.24. The van der Waals surface area contributed by atoms with Gasteiger partial charge in [0.2, 0.25) is 5.91 Å². The Hall–Kier alpha value is -1.55. The van der Waals surface area contributed by atoms with Gasteiger partial charge in [0.1, 0.15) is 5.75 Å². The van der Waals surface area contributed by atoms with Crippen LogP contribution in [0.15, 0.2) is 18.2 Å². The van der Waals surface area contributed by atoms with Gasteiger partial charge in [-0.1, -0.05) is 17.7 Å². The molecule has 0 aliphatic carbocycles. The molecule has 1 N–H and O–H groups in total. The van der Waals surface area contributed by atoms with E-state index in [1.165, 1.54) is 5.56 Å². The summed E-state index contributed by atoms with van der Waals surface area (Å²) in [6.45, 7) is 5.65. The molecule has 0 bridgehead atoms. The van der Waals surface area contributed by atoms with Crippen LogP contribution in [0.4, 0.5) is 0 Å². The maximum atomic E-state index is 12.5. The van der Waals surface area contributed by atoms with Crippen LogP contribution in [0, 0.1) is 12.8 Å². The number of hydrogen-bond acceptors (Lipinski definition) is 3. The van der Waals surface area contributed by atoms with Crippen molar-refractivity contribution in [3.8, 4) is 5.75 Å². The molecule has 110 valence electrons. The Morgan fingerprint density at radius 1 is 1.50 bits per heavy atom. The average Bonchev–Trinajstić information content (AvgIpc) is 2.84. The zero-order valence-electron chi connectivity index (χ0n) is 12.8. The molecule has 0 saturated carbocycles. The molecular weight excluding hydrogens is 252 g/mol. The number of aryl methyl sites for hydroxylation is 1. The molecule has 2 rings (SSSR count). The van der Waals surface area contributed by atoms with Crippen molar-refractivity contribution in [1.82, 2.24) is 10.2 Å². The third kappa shape index (κ3) is 3.12. The topological polar surface area (TPSA) is 41.6 Å². The van der Waals surface area contributed by atoms with Crippen LogP contribution in [-0.2, 0) is 11.3 Å². The van der Waals surface area contributed by atoms with Crippen molar-refractivity contribution in [1.29, 1.82) is 0 Å². The fourth-order valence-corrected chi connectivity index (χ4v) is 2.84. The van der Waals surface area contributed by atoms with Gasteiger partial charge >= 0.3 is 0 Å². The van der Waals surface area contributed by atoms with Gasteiger partial charge < -0.3 is 15.0 Å². The zero-order chi connectivity index (χ0) is 14.7. The molecule has 2 atom stereocenters. The van der Waals surface area contributed by atoms with Gasteiger partial charge in [-0.3, -0.25) is 4.79 Å². The zero-order valence-corrected chi connectivity index (χ0v) is 12.8. The summed E-state index contributed by atoms with van der Waals surface area (Å²) in [6.07, 6.45) is 0.926. The first kappa shape index (κ1) is 14.9. The van der Waals surface area contributed by atoms with Crippen molar-refractivity contribution in [2.45, 2.75) is 32.9 Å². The number of benzene rings is 1. The van der Waals surface area contributed by atoms with Crippen molar-refractivity contribution in [2.24, 2.45) is 5.92 Å². The van der Waals surface area contributed by atoms with E-state index in [2.05, 4.69) is 18.3 Å². The van der Waals surface area contributed by atoms with Gasteiger partial charge in [0.25, 0.3) is 0 Å². The lowest BCUT2D eigenvalue weighted by Gasteiger charge is -2.24. The molecule has 1 aromatic rings. The van der Waals surface area contributed by atoms with E-state index in [0.717, 1.165) is 24.3 Å². The van der Waals surface area contributed by atoms with E-state index < -0.39 is 0 Å². The van der Waals surface area contributed by atoms with E-state index in [4.69, 9.17) is 4.74 Å². The van der Waals surface area contributed by atoms with Crippen molar-refractivity contribution in [3.05, 3.63) is 29.3 Å². The van der Waals surface area contributed by atoms with Crippen LogP contribution >= 0.6 is 0 Å².